The van der Waals surface area contributed by atoms with Gasteiger partial charge in [0.25, 0.3) is 5.91 Å². The van der Waals surface area contributed by atoms with Gasteiger partial charge in [0.05, 0.1) is 23.6 Å². The van der Waals surface area contributed by atoms with E-state index in [0.29, 0.717) is 28.3 Å². The molecule has 1 amide bonds. The van der Waals surface area contributed by atoms with Gasteiger partial charge in [-0.05, 0) is 61.7 Å². The summed E-state index contributed by atoms with van der Waals surface area (Å²) >= 11 is 0. The van der Waals surface area contributed by atoms with Crippen LogP contribution < -0.4 is 5.32 Å². The lowest BCUT2D eigenvalue weighted by Gasteiger charge is -2.09. The van der Waals surface area contributed by atoms with Crippen molar-refractivity contribution in [2.75, 3.05) is 12.4 Å². The van der Waals surface area contributed by atoms with Crippen LogP contribution in [0.5, 0.6) is 0 Å². The summed E-state index contributed by atoms with van der Waals surface area (Å²) in [6, 6.07) is 11.8. The van der Waals surface area contributed by atoms with Crippen molar-refractivity contribution in [1.82, 2.24) is 19.8 Å². The first kappa shape index (κ1) is 20.6. The predicted molar refractivity (Wildman–Crippen MR) is 115 cm³/mol. The number of nitrogens with one attached hydrogen (secondary N) is 1. The molecule has 0 saturated heterocycles. The second-order valence-electron chi connectivity index (χ2n) is 7.38. The maximum absolute atomic E-state index is 13.4. The fraction of sp³-hybridized carbons (Fsp3) is 0.217. The Labute approximate surface area is 178 Å². The first-order valence-electron chi connectivity index (χ1n) is 9.77. The molecule has 0 aliphatic rings. The van der Waals surface area contributed by atoms with E-state index < -0.39 is 0 Å². The number of nitrogens with zero attached hydrogens (tertiary/aromatic N) is 4. The van der Waals surface area contributed by atoms with Crippen LogP contribution in [-0.2, 0) is 11.3 Å². The van der Waals surface area contributed by atoms with Crippen LogP contribution in [0.4, 0.5) is 10.1 Å². The number of carbonyl (C=O) groups excluding carboxylic acids is 1. The van der Waals surface area contributed by atoms with Gasteiger partial charge >= 0.3 is 0 Å². The maximum Gasteiger partial charge on any atom is 0.278 e. The summed E-state index contributed by atoms with van der Waals surface area (Å²) < 4.78 is 20.3. The number of aromatic nitrogens is 4. The number of carbonyl (C=O) groups is 1. The van der Waals surface area contributed by atoms with Gasteiger partial charge in [-0.25, -0.2) is 8.91 Å². The first-order valence-corrected chi connectivity index (χ1v) is 9.77. The Hall–Kier alpha value is -3.65. The quantitative estimate of drug-likeness (QED) is 0.523. The van der Waals surface area contributed by atoms with Crippen LogP contribution in [0, 0.1) is 26.6 Å². The molecular formula is C23H22FN5O2. The monoisotopic (exact) mass is 419 g/mol. The van der Waals surface area contributed by atoms with Gasteiger partial charge < -0.3 is 10.1 Å². The van der Waals surface area contributed by atoms with E-state index in [1.165, 1.54) is 12.1 Å². The summed E-state index contributed by atoms with van der Waals surface area (Å²) in [5.74, 6) is -0.705. The number of hydrogen-bond acceptors (Lipinski definition) is 5. The molecule has 7 nitrogen and oxygen atoms in total. The highest BCUT2D eigenvalue weighted by molar-refractivity contribution is 6.03. The lowest BCUT2D eigenvalue weighted by atomic mass is 10.1. The molecule has 31 heavy (non-hydrogen) atoms. The van der Waals surface area contributed by atoms with Crippen molar-refractivity contribution in [2.24, 2.45) is 0 Å². The Balaban J connectivity index is 1.77. The fourth-order valence-electron chi connectivity index (χ4n) is 3.42. The summed E-state index contributed by atoms with van der Waals surface area (Å²) in [5, 5.41) is 15.9. The minimum Gasteiger partial charge on any atom is -0.378 e. The number of fused-ring (bicyclic) bond motifs is 1. The van der Waals surface area contributed by atoms with Gasteiger partial charge in [-0.2, -0.15) is 5.10 Å². The minimum atomic E-state index is -0.373. The molecule has 0 aliphatic heterocycles. The van der Waals surface area contributed by atoms with E-state index in [-0.39, 0.29) is 24.0 Å². The van der Waals surface area contributed by atoms with Gasteiger partial charge in [-0.3, -0.25) is 4.79 Å². The number of aryl methyl sites for hydroxylation is 3. The predicted octanol–water partition coefficient (Wildman–Crippen LogP) is 4.25. The number of rotatable bonds is 5. The number of ether oxygens (including phenoxy) is 1. The SMILES string of the molecule is COCc1nn2c(C)c(C(=O)Nc3ccc(C)c(C)c3)nnc2c1-c1ccc(F)cc1. The number of hydrogen-bond donors (Lipinski definition) is 1. The van der Waals surface area contributed by atoms with Crippen LogP contribution in [0.1, 0.15) is 33.0 Å². The molecule has 8 heteroatoms. The standard InChI is InChI=1S/C23H22FN5O2/c1-13-5-10-18(11-14(13)2)25-23(30)21-15(3)29-22(27-26-21)20(19(28-29)12-31-4)16-6-8-17(24)9-7-16/h5-11H,12H2,1-4H3,(H,25,30). The zero-order valence-corrected chi connectivity index (χ0v) is 17.7. The summed E-state index contributed by atoms with van der Waals surface area (Å²) in [6.07, 6.45) is 0. The van der Waals surface area contributed by atoms with Gasteiger partial charge in [0.15, 0.2) is 11.3 Å². The highest BCUT2D eigenvalue weighted by atomic mass is 19.1. The summed E-state index contributed by atoms with van der Waals surface area (Å²) in [4.78, 5) is 12.9. The number of methoxy groups -OCH3 is 1. The molecule has 0 unspecified atom stereocenters. The van der Waals surface area contributed by atoms with E-state index in [1.54, 1.807) is 30.7 Å². The van der Waals surface area contributed by atoms with Crippen molar-refractivity contribution >= 4 is 17.2 Å². The molecule has 2 aromatic heterocycles. The lowest BCUT2D eigenvalue weighted by molar-refractivity contribution is 0.102. The smallest absolute Gasteiger partial charge is 0.278 e. The number of amides is 1. The molecule has 0 fully saturated rings. The molecular weight excluding hydrogens is 397 g/mol. The van der Waals surface area contributed by atoms with Crippen molar-refractivity contribution < 1.29 is 13.9 Å². The molecule has 0 atom stereocenters. The average molecular weight is 419 g/mol. The van der Waals surface area contributed by atoms with Gasteiger partial charge in [-0.1, -0.05) is 18.2 Å². The molecule has 2 aromatic carbocycles. The average Bonchev–Trinajstić information content (AvgIpc) is 3.11. The minimum absolute atomic E-state index is 0.169. The van der Waals surface area contributed by atoms with Crippen LogP contribution in [0.3, 0.4) is 0 Å². The largest absolute Gasteiger partial charge is 0.378 e. The molecule has 0 saturated carbocycles. The molecule has 0 bridgehead atoms. The van der Waals surface area contributed by atoms with Gasteiger partial charge in [0, 0.05) is 12.8 Å². The van der Waals surface area contributed by atoms with Crippen molar-refractivity contribution in [2.45, 2.75) is 27.4 Å². The molecule has 0 spiro atoms. The van der Waals surface area contributed by atoms with E-state index in [2.05, 4.69) is 20.6 Å². The normalized spacial score (nSPS) is 11.1. The molecule has 158 valence electrons. The third-order valence-electron chi connectivity index (χ3n) is 5.23. The molecule has 1 N–H and O–H groups in total. The molecule has 4 aromatic rings. The fourth-order valence-corrected chi connectivity index (χ4v) is 3.42. The van der Waals surface area contributed by atoms with Gasteiger partial charge in [0.2, 0.25) is 0 Å². The maximum atomic E-state index is 13.4. The van der Waals surface area contributed by atoms with E-state index in [9.17, 15) is 9.18 Å². The highest BCUT2D eigenvalue weighted by Gasteiger charge is 2.22. The number of halogens is 1. The van der Waals surface area contributed by atoms with E-state index >= 15 is 0 Å². The van der Waals surface area contributed by atoms with E-state index in [4.69, 9.17) is 4.74 Å². The molecule has 0 radical (unpaired) electrons. The number of anilines is 1. The van der Waals surface area contributed by atoms with Crippen molar-refractivity contribution in [3.63, 3.8) is 0 Å². The zero-order valence-electron chi connectivity index (χ0n) is 17.7. The Morgan fingerprint density at radius 1 is 1.06 bits per heavy atom. The van der Waals surface area contributed by atoms with Crippen LogP contribution in [-0.4, -0.2) is 32.8 Å². The van der Waals surface area contributed by atoms with E-state index in [0.717, 1.165) is 16.7 Å². The Morgan fingerprint density at radius 2 is 1.81 bits per heavy atom. The van der Waals surface area contributed by atoms with Crippen LogP contribution in [0.2, 0.25) is 0 Å². The Kier molecular flexibility index (Phi) is 5.48. The first-order chi connectivity index (χ1) is 14.9. The molecule has 2 heterocycles. The lowest BCUT2D eigenvalue weighted by Crippen LogP contribution is -2.18. The van der Waals surface area contributed by atoms with Crippen molar-refractivity contribution in [1.29, 1.82) is 0 Å². The summed E-state index contributed by atoms with van der Waals surface area (Å²) in [5.41, 5.74) is 6.14. The van der Waals surface area contributed by atoms with Crippen molar-refractivity contribution in [3.8, 4) is 11.1 Å². The third-order valence-corrected chi connectivity index (χ3v) is 5.23. The van der Waals surface area contributed by atoms with E-state index in [1.807, 2.05) is 32.0 Å². The Bertz CT molecular complexity index is 1280. The second kappa shape index (κ2) is 8.23. The third kappa shape index (κ3) is 3.89. The summed E-state index contributed by atoms with van der Waals surface area (Å²) in [7, 11) is 1.57. The second-order valence-corrected chi connectivity index (χ2v) is 7.38. The topological polar surface area (TPSA) is 81.4 Å². The molecule has 4 rings (SSSR count). The zero-order chi connectivity index (χ0) is 22.1. The van der Waals surface area contributed by atoms with Crippen molar-refractivity contribution in [3.05, 3.63) is 76.5 Å². The molecule has 0 aliphatic carbocycles. The van der Waals surface area contributed by atoms with Crippen LogP contribution in [0.15, 0.2) is 42.5 Å². The number of benzene rings is 2. The van der Waals surface area contributed by atoms with Gasteiger partial charge in [0.1, 0.15) is 5.82 Å². The highest BCUT2D eigenvalue weighted by Crippen LogP contribution is 2.29. The van der Waals surface area contributed by atoms with Crippen LogP contribution in [0.25, 0.3) is 16.8 Å². The van der Waals surface area contributed by atoms with Gasteiger partial charge in [-0.15, -0.1) is 10.2 Å². The summed E-state index contributed by atoms with van der Waals surface area (Å²) in [6.45, 7) is 5.99. The Morgan fingerprint density at radius 3 is 2.48 bits per heavy atom. The van der Waals surface area contributed by atoms with Crippen LogP contribution >= 0.6 is 0 Å².